The number of aromatic nitrogens is 3. The Morgan fingerprint density at radius 2 is 2.35 bits per heavy atom. The van der Waals surface area contributed by atoms with E-state index < -0.39 is 5.97 Å². The van der Waals surface area contributed by atoms with E-state index in [4.69, 9.17) is 5.11 Å². The van der Waals surface area contributed by atoms with Gasteiger partial charge in [-0.05, 0) is 12.1 Å². The van der Waals surface area contributed by atoms with Crippen LogP contribution in [0.4, 0.5) is 0 Å². The minimum atomic E-state index is -0.931. The topological polar surface area (TPSA) is 95.9 Å². The third kappa shape index (κ3) is 3.14. The van der Waals surface area contributed by atoms with Gasteiger partial charge >= 0.3 is 5.97 Å². The van der Waals surface area contributed by atoms with Crippen LogP contribution >= 0.6 is 23.1 Å². The van der Waals surface area contributed by atoms with Crippen LogP contribution in [0.1, 0.15) is 14.5 Å². The van der Waals surface area contributed by atoms with Crippen molar-refractivity contribution in [3.05, 3.63) is 38.4 Å². The van der Waals surface area contributed by atoms with Crippen molar-refractivity contribution < 1.29 is 9.90 Å². The fourth-order valence-electron chi connectivity index (χ4n) is 1.07. The normalized spacial score (nSPS) is 10.4. The molecule has 2 heterocycles. The molecule has 2 aromatic heterocycles. The maximum Gasteiger partial charge on any atom is 0.345 e. The van der Waals surface area contributed by atoms with E-state index in [-0.39, 0.29) is 5.56 Å². The summed E-state index contributed by atoms with van der Waals surface area (Å²) in [6, 6.07) is 3.30. The Morgan fingerprint density at radius 3 is 3.00 bits per heavy atom. The first-order valence-corrected chi connectivity index (χ1v) is 6.32. The van der Waals surface area contributed by atoms with Crippen LogP contribution in [0.15, 0.2) is 28.3 Å². The molecule has 88 valence electrons. The van der Waals surface area contributed by atoms with Crippen molar-refractivity contribution in [2.75, 3.05) is 0 Å². The molecule has 0 saturated carbocycles. The summed E-state index contributed by atoms with van der Waals surface area (Å²) in [5, 5.41) is 16.4. The Balaban J connectivity index is 2.02. The highest BCUT2D eigenvalue weighted by atomic mass is 32.2. The number of carbonyl (C=O) groups is 1. The van der Waals surface area contributed by atoms with Crippen LogP contribution in [-0.4, -0.2) is 26.3 Å². The Morgan fingerprint density at radius 1 is 1.53 bits per heavy atom. The fraction of sp³-hybridized carbons (Fsp3) is 0.111. The van der Waals surface area contributed by atoms with Crippen LogP contribution in [0, 0.1) is 0 Å². The van der Waals surface area contributed by atoms with Gasteiger partial charge in [-0.2, -0.15) is 5.10 Å². The lowest BCUT2D eigenvalue weighted by Crippen LogP contribution is -2.07. The molecule has 2 rings (SSSR count). The van der Waals surface area contributed by atoms with Crippen LogP contribution in [-0.2, 0) is 5.75 Å². The lowest BCUT2D eigenvalue weighted by molar-refractivity contribution is 0.0702. The molecule has 0 bridgehead atoms. The zero-order valence-electron chi connectivity index (χ0n) is 8.41. The number of hydrogen-bond donors (Lipinski definition) is 2. The molecular weight excluding hydrogens is 262 g/mol. The standard InChI is InChI=1S/C9H7N3O3S2/c13-7-3-10-12-9(11-7)16-4-5-1-2-6(17-5)8(14)15/h1-3H,4H2,(H,14,15)(H,11,12,13). The molecule has 0 aliphatic heterocycles. The van der Waals surface area contributed by atoms with Gasteiger partial charge in [-0.1, -0.05) is 11.8 Å². The number of thiophene rings is 1. The number of thioether (sulfide) groups is 1. The van der Waals surface area contributed by atoms with Gasteiger partial charge in [0.05, 0.1) is 0 Å². The van der Waals surface area contributed by atoms with E-state index in [1.165, 1.54) is 23.1 Å². The summed E-state index contributed by atoms with van der Waals surface area (Å²) < 4.78 is 0. The van der Waals surface area contributed by atoms with Gasteiger partial charge in [-0.3, -0.25) is 9.78 Å². The molecule has 6 nitrogen and oxygen atoms in total. The van der Waals surface area contributed by atoms with Gasteiger partial charge in [0.1, 0.15) is 11.1 Å². The summed E-state index contributed by atoms with van der Waals surface area (Å²) in [5.74, 6) is -0.383. The molecule has 0 amide bonds. The van der Waals surface area contributed by atoms with E-state index in [0.717, 1.165) is 11.1 Å². The summed E-state index contributed by atoms with van der Waals surface area (Å²) in [6.07, 6.45) is 1.09. The molecule has 0 fully saturated rings. The first-order valence-electron chi connectivity index (χ1n) is 4.52. The number of aromatic carboxylic acids is 1. The Kier molecular flexibility index (Phi) is 3.55. The SMILES string of the molecule is O=C(O)c1ccc(CSc2nncc(=O)[nH]2)s1. The molecule has 0 aliphatic carbocycles. The van der Waals surface area contributed by atoms with Crippen molar-refractivity contribution in [2.24, 2.45) is 0 Å². The van der Waals surface area contributed by atoms with E-state index in [1.54, 1.807) is 12.1 Å². The van der Waals surface area contributed by atoms with E-state index in [9.17, 15) is 9.59 Å². The number of rotatable bonds is 4. The van der Waals surface area contributed by atoms with Gasteiger partial charge in [-0.15, -0.1) is 16.4 Å². The molecule has 2 N–H and O–H groups in total. The van der Waals surface area contributed by atoms with Crippen molar-refractivity contribution in [1.29, 1.82) is 0 Å². The molecular formula is C9H7N3O3S2. The van der Waals surface area contributed by atoms with Crippen LogP contribution in [0.2, 0.25) is 0 Å². The third-order valence-electron chi connectivity index (χ3n) is 1.78. The first-order chi connectivity index (χ1) is 8.15. The quantitative estimate of drug-likeness (QED) is 0.810. The van der Waals surface area contributed by atoms with Crippen molar-refractivity contribution in [3.8, 4) is 0 Å². The van der Waals surface area contributed by atoms with Crippen LogP contribution in [0.5, 0.6) is 0 Å². The molecule has 2 aromatic rings. The van der Waals surface area contributed by atoms with E-state index in [2.05, 4.69) is 15.2 Å². The van der Waals surface area contributed by atoms with Crippen molar-refractivity contribution in [3.63, 3.8) is 0 Å². The van der Waals surface area contributed by atoms with Gasteiger partial charge in [0.25, 0.3) is 5.56 Å². The number of carboxylic acids is 1. The van der Waals surface area contributed by atoms with Crippen LogP contribution in [0.25, 0.3) is 0 Å². The zero-order valence-corrected chi connectivity index (χ0v) is 10.0. The van der Waals surface area contributed by atoms with Crippen molar-refractivity contribution in [1.82, 2.24) is 15.2 Å². The molecule has 8 heteroatoms. The number of aromatic amines is 1. The Labute approximate surface area is 104 Å². The Bertz CT molecular complexity index is 593. The second-order valence-electron chi connectivity index (χ2n) is 3.00. The van der Waals surface area contributed by atoms with Gasteiger partial charge in [-0.25, -0.2) is 4.79 Å². The number of H-pyrrole nitrogens is 1. The Hall–Kier alpha value is -1.67. The van der Waals surface area contributed by atoms with Crippen molar-refractivity contribution >= 4 is 29.1 Å². The average molecular weight is 269 g/mol. The summed E-state index contributed by atoms with van der Waals surface area (Å²) in [7, 11) is 0. The van der Waals surface area contributed by atoms with Gasteiger partial charge in [0, 0.05) is 10.6 Å². The highest BCUT2D eigenvalue weighted by Gasteiger charge is 2.07. The average Bonchev–Trinajstić information content (AvgIpc) is 2.75. The maximum atomic E-state index is 10.9. The third-order valence-corrected chi connectivity index (χ3v) is 3.95. The second kappa shape index (κ2) is 5.11. The molecule has 0 atom stereocenters. The molecule has 0 unspecified atom stereocenters. The second-order valence-corrected chi connectivity index (χ2v) is 5.13. The molecule has 0 aliphatic rings. The summed E-state index contributed by atoms with van der Waals surface area (Å²) >= 11 is 2.50. The fourth-order valence-corrected chi connectivity index (χ4v) is 2.78. The lowest BCUT2D eigenvalue weighted by atomic mass is 10.4. The molecule has 0 spiro atoms. The predicted molar refractivity (Wildman–Crippen MR) is 63.5 cm³/mol. The molecule has 0 saturated heterocycles. The highest BCUT2D eigenvalue weighted by molar-refractivity contribution is 7.98. The minimum Gasteiger partial charge on any atom is -0.477 e. The van der Waals surface area contributed by atoms with E-state index in [1.807, 2.05) is 0 Å². The lowest BCUT2D eigenvalue weighted by Gasteiger charge is -1.96. The molecule has 0 aromatic carbocycles. The number of hydrogen-bond acceptors (Lipinski definition) is 6. The summed E-state index contributed by atoms with van der Waals surface area (Å²) in [6.45, 7) is 0. The van der Waals surface area contributed by atoms with Gasteiger partial charge in [0.15, 0.2) is 5.16 Å². The number of nitrogens with zero attached hydrogens (tertiary/aromatic N) is 2. The monoisotopic (exact) mass is 269 g/mol. The van der Waals surface area contributed by atoms with E-state index >= 15 is 0 Å². The molecule has 0 radical (unpaired) electrons. The molecule has 17 heavy (non-hydrogen) atoms. The minimum absolute atomic E-state index is 0.299. The highest BCUT2D eigenvalue weighted by Crippen LogP contribution is 2.24. The smallest absolute Gasteiger partial charge is 0.345 e. The van der Waals surface area contributed by atoms with Crippen molar-refractivity contribution in [2.45, 2.75) is 10.9 Å². The maximum absolute atomic E-state index is 10.9. The largest absolute Gasteiger partial charge is 0.477 e. The summed E-state index contributed by atoms with van der Waals surface area (Å²) in [4.78, 5) is 25.3. The van der Waals surface area contributed by atoms with Crippen LogP contribution < -0.4 is 5.56 Å². The summed E-state index contributed by atoms with van der Waals surface area (Å²) in [5.41, 5.74) is -0.306. The zero-order chi connectivity index (χ0) is 12.3. The predicted octanol–water partition coefficient (Wildman–Crippen LogP) is 1.22. The van der Waals surface area contributed by atoms with Crippen LogP contribution in [0.3, 0.4) is 0 Å². The first kappa shape index (κ1) is 11.8. The number of carboxylic acid groups (broad SMARTS) is 1. The number of nitrogens with one attached hydrogen (secondary N) is 1. The van der Waals surface area contributed by atoms with Gasteiger partial charge in [0.2, 0.25) is 0 Å². The van der Waals surface area contributed by atoms with Gasteiger partial charge < -0.3 is 5.11 Å². The van der Waals surface area contributed by atoms with E-state index in [0.29, 0.717) is 15.8 Å².